The van der Waals surface area contributed by atoms with Gasteiger partial charge in [0.05, 0.1) is 16.3 Å². The van der Waals surface area contributed by atoms with Crippen LogP contribution in [0.5, 0.6) is 11.5 Å². The third-order valence-electron chi connectivity index (χ3n) is 5.64. The zero-order chi connectivity index (χ0) is 23.1. The minimum Gasteiger partial charge on any atom is -0.486 e. The van der Waals surface area contributed by atoms with E-state index >= 15 is 0 Å². The summed E-state index contributed by atoms with van der Waals surface area (Å²) in [5, 5.41) is 3.49. The van der Waals surface area contributed by atoms with Gasteiger partial charge in [0.25, 0.3) is 11.8 Å². The highest BCUT2D eigenvalue weighted by Crippen LogP contribution is 2.39. The van der Waals surface area contributed by atoms with Crippen LogP contribution in [-0.2, 0) is 9.59 Å². The average Bonchev–Trinajstić information content (AvgIpc) is 3.04. The molecule has 7 heteroatoms. The normalized spacial score (nSPS) is 15.3. The fourth-order valence-corrected chi connectivity index (χ4v) is 4.33. The molecule has 2 aliphatic heterocycles. The first-order valence-corrected chi connectivity index (χ1v) is 10.9. The van der Waals surface area contributed by atoms with Gasteiger partial charge in [0.15, 0.2) is 11.5 Å². The summed E-state index contributed by atoms with van der Waals surface area (Å²) in [6.45, 7) is 4.84. The van der Waals surface area contributed by atoms with Crippen molar-refractivity contribution in [1.82, 2.24) is 0 Å². The van der Waals surface area contributed by atoms with Crippen LogP contribution in [0.2, 0.25) is 5.02 Å². The number of carbonyl (C=O) groups is 2. The Morgan fingerprint density at radius 3 is 2.39 bits per heavy atom. The SMILES string of the molecule is Cc1ccc(C2=C(Nc3ccc4c(c3)OCCO4)C(=O)N(c3ccccc3Cl)C2=O)c(C)c1. The average molecular weight is 461 g/mol. The highest BCUT2D eigenvalue weighted by atomic mass is 35.5. The number of benzene rings is 3. The van der Waals surface area contributed by atoms with Crippen molar-refractivity contribution in [3.05, 3.63) is 88.1 Å². The summed E-state index contributed by atoms with van der Waals surface area (Å²) in [4.78, 5) is 28.4. The molecule has 0 saturated carbocycles. The van der Waals surface area contributed by atoms with Gasteiger partial charge in [-0.15, -0.1) is 0 Å². The molecule has 2 heterocycles. The van der Waals surface area contributed by atoms with Crippen molar-refractivity contribution >= 4 is 40.4 Å². The first-order valence-electron chi connectivity index (χ1n) is 10.6. The van der Waals surface area contributed by atoms with E-state index in [4.69, 9.17) is 21.1 Å². The first kappa shape index (κ1) is 21.1. The standard InChI is InChI=1S/C26H21ClN2O4/c1-15-7-9-18(16(2)13-15)23-24(28-17-8-10-21-22(14-17)33-12-11-32-21)26(31)29(25(23)30)20-6-4-3-5-19(20)27/h3-10,13-14,28H,11-12H2,1-2H3. The Hall–Kier alpha value is -3.77. The lowest BCUT2D eigenvalue weighted by Crippen LogP contribution is -2.32. The second-order valence-electron chi connectivity index (χ2n) is 7.95. The second-order valence-corrected chi connectivity index (χ2v) is 8.36. The molecular weight excluding hydrogens is 440 g/mol. The van der Waals surface area contributed by atoms with Crippen LogP contribution in [0.3, 0.4) is 0 Å². The number of ether oxygens (including phenoxy) is 2. The van der Waals surface area contributed by atoms with E-state index in [0.717, 1.165) is 16.0 Å². The van der Waals surface area contributed by atoms with Crippen LogP contribution in [0.4, 0.5) is 11.4 Å². The second kappa shape index (κ2) is 8.30. The predicted octanol–water partition coefficient (Wildman–Crippen LogP) is 5.12. The molecule has 33 heavy (non-hydrogen) atoms. The van der Waals surface area contributed by atoms with Crippen molar-refractivity contribution < 1.29 is 19.1 Å². The summed E-state index contributed by atoms with van der Waals surface area (Å²) >= 11 is 6.35. The number of hydrogen-bond acceptors (Lipinski definition) is 5. The number of hydrogen-bond donors (Lipinski definition) is 1. The molecule has 0 aromatic heterocycles. The number of anilines is 2. The van der Waals surface area contributed by atoms with Crippen molar-refractivity contribution in [2.45, 2.75) is 13.8 Å². The van der Waals surface area contributed by atoms with Gasteiger partial charge in [-0.05, 0) is 49.2 Å². The van der Waals surface area contributed by atoms with Crippen LogP contribution in [0.1, 0.15) is 16.7 Å². The number of fused-ring (bicyclic) bond motifs is 1. The summed E-state index contributed by atoms with van der Waals surface area (Å²) < 4.78 is 11.2. The minimum atomic E-state index is -0.474. The number of rotatable bonds is 4. The predicted molar refractivity (Wildman–Crippen MR) is 128 cm³/mol. The molecule has 5 rings (SSSR count). The zero-order valence-electron chi connectivity index (χ0n) is 18.1. The smallest absolute Gasteiger partial charge is 0.282 e. The van der Waals surface area contributed by atoms with Gasteiger partial charge < -0.3 is 14.8 Å². The molecule has 0 saturated heterocycles. The lowest BCUT2D eigenvalue weighted by atomic mass is 9.97. The van der Waals surface area contributed by atoms with Crippen LogP contribution in [0, 0.1) is 13.8 Å². The summed E-state index contributed by atoms with van der Waals surface area (Å²) in [5.74, 6) is 0.319. The summed E-state index contributed by atoms with van der Waals surface area (Å²) in [7, 11) is 0. The zero-order valence-corrected chi connectivity index (χ0v) is 18.9. The number of halogens is 1. The molecule has 0 aliphatic carbocycles. The highest BCUT2D eigenvalue weighted by molar-refractivity contribution is 6.48. The Labute approximate surface area is 196 Å². The summed E-state index contributed by atoms with van der Waals surface area (Å²) in [6.07, 6.45) is 0. The molecule has 1 N–H and O–H groups in total. The number of para-hydroxylation sites is 1. The van der Waals surface area contributed by atoms with E-state index in [-0.39, 0.29) is 5.70 Å². The third kappa shape index (κ3) is 3.72. The topological polar surface area (TPSA) is 67.9 Å². The largest absolute Gasteiger partial charge is 0.486 e. The molecule has 0 bridgehead atoms. The maximum Gasteiger partial charge on any atom is 0.282 e. The van der Waals surface area contributed by atoms with Crippen LogP contribution >= 0.6 is 11.6 Å². The molecule has 3 aromatic carbocycles. The van der Waals surface area contributed by atoms with Crippen molar-refractivity contribution in [3.8, 4) is 11.5 Å². The lowest BCUT2D eigenvalue weighted by Gasteiger charge is -2.19. The molecule has 0 unspecified atom stereocenters. The molecule has 166 valence electrons. The number of nitrogens with one attached hydrogen (secondary N) is 1. The Balaban J connectivity index is 1.63. The van der Waals surface area contributed by atoms with E-state index in [9.17, 15) is 9.59 Å². The van der Waals surface area contributed by atoms with Gasteiger partial charge in [-0.3, -0.25) is 9.59 Å². The molecule has 0 atom stereocenters. The molecule has 0 spiro atoms. The van der Waals surface area contributed by atoms with E-state index in [1.807, 2.05) is 32.0 Å². The fraction of sp³-hybridized carbons (Fsp3) is 0.154. The lowest BCUT2D eigenvalue weighted by molar-refractivity contribution is -0.120. The van der Waals surface area contributed by atoms with Crippen molar-refractivity contribution in [2.75, 3.05) is 23.4 Å². The monoisotopic (exact) mass is 460 g/mol. The van der Waals surface area contributed by atoms with Crippen LogP contribution in [0.25, 0.3) is 5.57 Å². The highest BCUT2D eigenvalue weighted by Gasteiger charge is 2.41. The Morgan fingerprint density at radius 2 is 1.64 bits per heavy atom. The van der Waals surface area contributed by atoms with Crippen LogP contribution in [-0.4, -0.2) is 25.0 Å². The Morgan fingerprint density at radius 1 is 0.879 bits per heavy atom. The third-order valence-corrected chi connectivity index (χ3v) is 5.96. The van der Waals surface area contributed by atoms with E-state index in [2.05, 4.69) is 5.32 Å². The van der Waals surface area contributed by atoms with Gasteiger partial charge in [0.2, 0.25) is 0 Å². The molecule has 2 amide bonds. The van der Waals surface area contributed by atoms with E-state index in [0.29, 0.717) is 52.2 Å². The number of amides is 2. The number of carbonyl (C=O) groups excluding carboxylic acids is 2. The van der Waals surface area contributed by atoms with Crippen molar-refractivity contribution in [1.29, 1.82) is 0 Å². The minimum absolute atomic E-state index is 0.184. The van der Waals surface area contributed by atoms with Crippen molar-refractivity contribution in [2.24, 2.45) is 0 Å². The summed E-state index contributed by atoms with van der Waals surface area (Å²) in [5.41, 5.74) is 4.09. The fourth-order valence-electron chi connectivity index (χ4n) is 4.11. The van der Waals surface area contributed by atoms with Gasteiger partial charge in [0, 0.05) is 11.8 Å². The quantitative estimate of drug-likeness (QED) is 0.547. The van der Waals surface area contributed by atoms with E-state index < -0.39 is 11.8 Å². The van der Waals surface area contributed by atoms with Gasteiger partial charge in [0.1, 0.15) is 18.9 Å². The molecule has 6 nitrogen and oxygen atoms in total. The van der Waals surface area contributed by atoms with E-state index in [1.54, 1.807) is 42.5 Å². The van der Waals surface area contributed by atoms with Gasteiger partial charge in [-0.1, -0.05) is 47.5 Å². The maximum atomic E-state index is 13.6. The number of nitrogens with zero attached hydrogens (tertiary/aromatic N) is 1. The molecule has 3 aromatic rings. The van der Waals surface area contributed by atoms with Crippen LogP contribution in [0.15, 0.2) is 66.4 Å². The Kier molecular flexibility index (Phi) is 5.30. The first-order chi connectivity index (χ1) is 15.9. The number of imide groups is 1. The van der Waals surface area contributed by atoms with Crippen LogP contribution < -0.4 is 19.7 Å². The summed E-state index contributed by atoms with van der Waals surface area (Å²) in [6, 6.07) is 17.9. The Bertz CT molecular complexity index is 1330. The van der Waals surface area contributed by atoms with Crippen molar-refractivity contribution in [3.63, 3.8) is 0 Å². The molecule has 0 fully saturated rings. The molecular formula is C26H21ClN2O4. The van der Waals surface area contributed by atoms with E-state index in [1.165, 1.54) is 0 Å². The number of aryl methyl sites for hydroxylation is 2. The maximum absolute atomic E-state index is 13.6. The van der Waals surface area contributed by atoms with Gasteiger partial charge in [-0.2, -0.15) is 0 Å². The molecule has 2 aliphatic rings. The van der Waals surface area contributed by atoms with Gasteiger partial charge >= 0.3 is 0 Å². The van der Waals surface area contributed by atoms with Gasteiger partial charge in [-0.25, -0.2) is 4.90 Å². The molecule has 0 radical (unpaired) electrons.